The average Bonchev–Trinajstić information content (AvgIpc) is 3.57. The molecule has 1 aliphatic carbocycles. The predicted octanol–water partition coefficient (Wildman–Crippen LogP) is 12.2. The normalized spacial score (nSPS) is 12.6. The van der Waals surface area contributed by atoms with Gasteiger partial charge < -0.3 is 4.90 Å². The fourth-order valence-electron chi connectivity index (χ4n) is 6.61. The lowest BCUT2D eigenvalue weighted by Crippen LogP contribution is -2.16. The number of hydrogen-bond donors (Lipinski definition) is 0. The minimum atomic E-state index is -0.198. The number of benzene rings is 3. The van der Waals surface area contributed by atoms with Crippen LogP contribution in [0.3, 0.4) is 0 Å². The van der Waals surface area contributed by atoms with Crippen molar-refractivity contribution in [2.24, 2.45) is 0 Å². The molecule has 4 heteroatoms. The Bertz CT molecular complexity index is 1680. The lowest BCUT2D eigenvalue weighted by atomic mass is 9.82. The summed E-state index contributed by atoms with van der Waals surface area (Å²) in [6.45, 7) is 9.13. The van der Waals surface area contributed by atoms with Gasteiger partial charge in [0, 0.05) is 32.2 Å². The zero-order chi connectivity index (χ0) is 31.8. The van der Waals surface area contributed by atoms with E-state index in [1.54, 1.807) is 17.4 Å². The molecular formula is C41H45N3S. The summed E-state index contributed by atoms with van der Waals surface area (Å²) in [5, 5.41) is 18.6. The number of thiophene rings is 1. The van der Waals surface area contributed by atoms with Crippen molar-refractivity contribution in [1.29, 1.82) is 10.5 Å². The van der Waals surface area contributed by atoms with Crippen LogP contribution in [0.4, 0.5) is 17.1 Å². The third-order valence-corrected chi connectivity index (χ3v) is 10.2. The summed E-state index contributed by atoms with van der Waals surface area (Å²) in [6, 6.07) is 31.2. The third kappa shape index (κ3) is 7.24. The summed E-state index contributed by atoms with van der Waals surface area (Å²) in [5.74, 6) is 0. The minimum Gasteiger partial charge on any atom is -0.310 e. The van der Waals surface area contributed by atoms with E-state index < -0.39 is 0 Å². The summed E-state index contributed by atoms with van der Waals surface area (Å²) in [7, 11) is 0. The Morgan fingerprint density at radius 2 is 1.36 bits per heavy atom. The molecule has 0 unspecified atom stereocenters. The molecule has 0 amide bonds. The molecule has 0 atom stereocenters. The van der Waals surface area contributed by atoms with Crippen LogP contribution in [0.1, 0.15) is 106 Å². The van der Waals surface area contributed by atoms with Gasteiger partial charge in [0.1, 0.15) is 17.7 Å². The number of fused-ring (bicyclic) bond motifs is 3. The van der Waals surface area contributed by atoms with Gasteiger partial charge in [-0.1, -0.05) is 96.6 Å². The maximum atomic E-state index is 9.29. The maximum Gasteiger partial charge on any atom is 0.131 e. The quantitative estimate of drug-likeness (QED) is 0.105. The largest absolute Gasteiger partial charge is 0.310 e. The summed E-state index contributed by atoms with van der Waals surface area (Å²) < 4.78 is 0. The molecule has 1 heterocycles. The van der Waals surface area contributed by atoms with Crippen LogP contribution in [0.15, 0.2) is 78.4 Å². The van der Waals surface area contributed by atoms with Crippen molar-refractivity contribution in [2.45, 2.75) is 97.3 Å². The fourth-order valence-corrected chi connectivity index (χ4v) is 7.91. The van der Waals surface area contributed by atoms with Gasteiger partial charge in [-0.15, -0.1) is 11.3 Å². The number of unbranched alkanes of at least 4 members (excludes halogenated alkanes) is 6. The van der Waals surface area contributed by atoms with Crippen LogP contribution in [0.25, 0.3) is 16.5 Å². The van der Waals surface area contributed by atoms with Crippen LogP contribution in [0.2, 0.25) is 0 Å². The van der Waals surface area contributed by atoms with Crippen LogP contribution in [-0.4, -0.2) is 0 Å². The monoisotopic (exact) mass is 611 g/mol. The molecule has 0 fully saturated rings. The molecule has 0 radical (unpaired) electrons. The molecule has 4 aromatic rings. The van der Waals surface area contributed by atoms with Gasteiger partial charge in [0.25, 0.3) is 0 Å². The molecular weight excluding hydrogens is 567 g/mol. The summed E-state index contributed by atoms with van der Waals surface area (Å²) in [4.78, 5) is 4.63. The number of aryl methyl sites for hydroxylation is 2. The van der Waals surface area contributed by atoms with Crippen molar-refractivity contribution >= 4 is 34.5 Å². The van der Waals surface area contributed by atoms with E-state index >= 15 is 0 Å². The second kappa shape index (κ2) is 14.8. The van der Waals surface area contributed by atoms with E-state index in [1.165, 1.54) is 95.4 Å². The predicted molar refractivity (Wildman–Crippen MR) is 191 cm³/mol. The summed E-state index contributed by atoms with van der Waals surface area (Å²) >= 11 is 1.67. The van der Waals surface area contributed by atoms with Gasteiger partial charge in [0.2, 0.25) is 0 Å². The SMILES string of the molecule is CCCCCCc1cc(CCCCCC)cc(N(c2ccccc2)c2ccc3c(c2)C(C)(C)c2cc(C=C(C#N)C#N)sc2-3)c1. The molecule has 45 heavy (non-hydrogen) atoms. The topological polar surface area (TPSA) is 50.8 Å². The number of nitriles is 2. The highest BCUT2D eigenvalue weighted by molar-refractivity contribution is 7.16. The van der Waals surface area contributed by atoms with E-state index in [4.69, 9.17) is 0 Å². The van der Waals surface area contributed by atoms with Crippen LogP contribution in [-0.2, 0) is 18.3 Å². The van der Waals surface area contributed by atoms with E-state index in [0.717, 1.165) is 23.4 Å². The Labute approximate surface area is 274 Å². The van der Waals surface area contributed by atoms with Gasteiger partial charge in [-0.3, -0.25) is 0 Å². The highest BCUT2D eigenvalue weighted by Crippen LogP contribution is 2.54. The van der Waals surface area contributed by atoms with E-state index in [1.807, 2.05) is 12.1 Å². The molecule has 0 saturated heterocycles. The van der Waals surface area contributed by atoms with Gasteiger partial charge >= 0.3 is 0 Å². The van der Waals surface area contributed by atoms with Gasteiger partial charge in [-0.25, -0.2) is 0 Å². The first-order chi connectivity index (χ1) is 21.9. The van der Waals surface area contributed by atoms with Crippen LogP contribution >= 0.6 is 11.3 Å². The summed E-state index contributed by atoms with van der Waals surface area (Å²) in [5.41, 5.74) is 10.2. The molecule has 1 aliphatic rings. The summed E-state index contributed by atoms with van der Waals surface area (Å²) in [6.07, 6.45) is 14.1. The van der Waals surface area contributed by atoms with E-state index in [0.29, 0.717) is 0 Å². The Morgan fingerprint density at radius 1 is 0.711 bits per heavy atom. The zero-order valence-electron chi connectivity index (χ0n) is 27.3. The van der Waals surface area contributed by atoms with Crippen molar-refractivity contribution in [2.75, 3.05) is 4.90 Å². The van der Waals surface area contributed by atoms with Gasteiger partial charge in [-0.2, -0.15) is 10.5 Å². The molecule has 0 aliphatic heterocycles. The third-order valence-electron chi connectivity index (χ3n) is 9.08. The first-order valence-electron chi connectivity index (χ1n) is 16.7. The van der Waals surface area contributed by atoms with Crippen LogP contribution < -0.4 is 4.90 Å². The van der Waals surface area contributed by atoms with Crippen molar-refractivity contribution < 1.29 is 0 Å². The highest BCUT2D eigenvalue weighted by Gasteiger charge is 2.38. The number of rotatable bonds is 14. The number of allylic oxidation sites excluding steroid dienone is 1. The standard InChI is InChI=1S/C41H45N3S/c1-5-7-9-12-16-30-22-31(17-13-10-8-6-2)24-35(23-30)44(33-18-14-11-15-19-33)34-20-21-37-38(26-34)41(3,4)39-27-36(45-40(37)39)25-32(28-42)29-43/h11,14-15,18-27H,5-10,12-13,16-17H2,1-4H3. The maximum absolute atomic E-state index is 9.29. The van der Waals surface area contributed by atoms with Gasteiger partial charge in [-0.05, 0) is 102 Å². The van der Waals surface area contributed by atoms with Crippen LogP contribution in [0, 0.1) is 22.7 Å². The second-order valence-electron chi connectivity index (χ2n) is 12.8. The first kappa shape index (κ1) is 32.3. The number of hydrogen-bond acceptors (Lipinski definition) is 4. The molecule has 230 valence electrons. The van der Waals surface area contributed by atoms with E-state index in [9.17, 15) is 10.5 Å². The zero-order valence-corrected chi connectivity index (χ0v) is 28.1. The molecule has 3 aromatic carbocycles. The van der Waals surface area contributed by atoms with Crippen molar-refractivity contribution in [3.8, 4) is 22.6 Å². The van der Waals surface area contributed by atoms with E-state index in [-0.39, 0.29) is 11.0 Å². The highest BCUT2D eigenvalue weighted by atomic mass is 32.1. The average molecular weight is 612 g/mol. The Kier molecular flexibility index (Phi) is 10.6. The fraction of sp³-hybridized carbons (Fsp3) is 0.366. The molecule has 0 bridgehead atoms. The number of anilines is 3. The van der Waals surface area contributed by atoms with Crippen molar-refractivity contribution in [3.05, 3.63) is 106 Å². The van der Waals surface area contributed by atoms with Gasteiger partial charge in [0.15, 0.2) is 0 Å². The lowest BCUT2D eigenvalue weighted by Gasteiger charge is -2.29. The van der Waals surface area contributed by atoms with Crippen molar-refractivity contribution in [1.82, 2.24) is 0 Å². The smallest absolute Gasteiger partial charge is 0.131 e. The molecule has 0 spiro atoms. The molecule has 3 nitrogen and oxygen atoms in total. The molecule has 0 N–H and O–H groups in total. The Morgan fingerprint density at radius 3 is 1.96 bits per heavy atom. The van der Waals surface area contributed by atoms with Gasteiger partial charge in [0.05, 0.1) is 0 Å². The molecule has 5 rings (SSSR count). The first-order valence-corrected chi connectivity index (χ1v) is 17.5. The number of para-hydroxylation sites is 1. The van der Waals surface area contributed by atoms with Crippen molar-refractivity contribution in [3.63, 3.8) is 0 Å². The second-order valence-corrected chi connectivity index (χ2v) is 13.9. The van der Waals surface area contributed by atoms with Crippen LogP contribution in [0.5, 0.6) is 0 Å². The molecule has 1 aromatic heterocycles. The lowest BCUT2D eigenvalue weighted by molar-refractivity contribution is 0.661. The van der Waals surface area contributed by atoms with E-state index in [2.05, 4.69) is 105 Å². The Hall–Kier alpha value is -4.12. The minimum absolute atomic E-state index is 0.138. The number of nitrogens with zero attached hydrogens (tertiary/aromatic N) is 3. The Balaban J connectivity index is 1.57. The molecule has 0 saturated carbocycles.